The van der Waals surface area contributed by atoms with Gasteiger partial charge in [-0.15, -0.1) is 18.5 Å². The standard InChI is InChI=1S/2C4H11P.2C4H9.2ClH.6Ti/c2*1-2-3-4-5;2*1-3-4-2;;;;;;;;/h2*2-5H2,1H3;2*3H,4H2,1-2H3;2*1H;;;;;;/q;;2*-1;;;;;;;2*+2/p-2. The van der Waals surface area contributed by atoms with Gasteiger partial charge in [0.1, 0.15) is 0 Å². The molecule has 2 unspecified atom stereocenters. The molecule has 0 aromatic heterocycles. The fourth-order valence-corrected chi connectivity index (χ4v) is 1.22. The van der Waals surface area contributed by atoms with Gasteiger partial charge >= 0.3 is 57.4 Å². The van der Waals surface area contributed by atoms with Crippen molar-refractivity contribution < 1.29 is 126 Å². The van der Waals surface area contributed by atoms with Gasteiger partial charge in [0.15, 0.2) is 0 Å². The van der Waals surface area contributed by atoms with E-state index in [0.717, 1.165) is 0 Å². The molecule has 0 amide bonds. The SMILES string of the molecule is CCCCP.CCCCP.C[CH-]CC.C[CH-]CC.[Cl][Ti][Cl].[Ti+2].[Ti].[Ti].[Ti].[Ti]. The second-order valence-corrected chi connectivity index (χ2v) is 7.72. The number of hydrogen-bond donors (Lipinski definition) is 0. The van der Waals surface area contributed by atoms with Crippen LogP contribution in [0.2, 0.25) is 0 Å². The van der Waals surface area contributed by atoms with E-state index in [2.05, 4.69) is 72.9 Å². The van der Waals surface area contributed by atoms with Crippen LogP contribution in [0.4, 0.5) is 0 Å². The number of rotatable bonds is 6. The molecule has 0 rings (SSSR count). The topological polar surface area (TPSA) is 0 Å². The first-order chi connectivity index (χ1) is 10.1. The van der Waals surface area contributed by atoms with Crippen LogP contribution in [-0.4, -0.2) is 12.3 Å². The fourth-order valence-electron chi connectivity index (χ4n) is 0.408. The zero-order valence-electron chi connectivity index (χ0n) is 17.7. The van der Waals surface area contributed by atoms with E-state index in [1.165, 1.54) is 50.8 Å². The third-order valence-electron chi connectivity index (χ3n) is 1.93. The average molecular weight is 653 g/mol. The largest absolute Gasteiger partial charge is 2.00 e. The third-order valence-corrected chi connectivity index (χ3v) is 2.75. The summed E-state index contributed by atoms with van der Waals surface area (Å²) < 4.78 is 0. The number of halogens is 2. The molecule has 0 heterocycles. The molecule has 0 aromatic rings. The zero-order chi connectivity index (χ0) is 17.8. The van der Waals surface area contributed by atoms with Crippen molar-refractivity contribution in [2.24, 2.45) is 0 Å². The Morgan fingerprint density at radius 3 is 0.846 bits per heavy atom. The van der Waals surface area contributed by atoms with Gasteiger partial charge in [0.25, 0.3) is 0 Å². The summed E-state index contributed by atoms with van der Waals surface area (Å²) >= 11 is -0.556. The smallest absolute Gasteiger partial charge is 0 e. The van der Waals surface area contributed by atoms with Crippen molar-refractivity contribution in [1.82, 2.24) is 0 Å². The zero-order valence-corrected chi connectivity index (χ0v) is 30.9. The Bertz CT molecular complexity index is 96.8. The molecule has 0 bridgehead atoms. The molecule has 0 aliphatic heterocycles. The Kier molecular flexibility index (Phi) is 237. The second kappa shape index (κ2) is 97.1. The van der Waals surface area contributed by atoms with Crippen molar-refractivity contribution in [2.45, 2.75) is 80.1 Å². The van der Waals surface area contributed by atoms with E-state index in [4.69, 9.17) is 18.6 Å². The molecule has 26 heavy (non-hydrogen) atoms. The maximum absolute atomic E-state index is 4.89. The fraction of sp³-hybridized carbons (Fsp3) is 0.875. The average Bonchev–Trinajstić information content (AvgIpc) is 2.51. The summed E-state index contributed by atoms with van der Waals surface area (Å²) in [6, 6.07) is 0. The molecule has 0 saturated carbocycles. The van der Waals surface area contributed by atoms with Crippen molar-refractivity contribution >= 4 is 37.1 Å². The molecule has 2 atom stereocenters. The van der Waals surface area contributed by atoms with Crippen molar-refractivity contribution in [3.05, 3.63) is 12.8 Å². The summed E-state index contributed by atoms with van der Waals surface area (Å²) in [6.45, 7) is 12.8. The van der Waals surface area contributed by atoms with Crippen molar-refractivity contribution in [3.8, 4) is 0 Å². The number of hydrogen-bond acceptors (Lipinski definition) is 0. The predicted molar refractivity (Wildman–Crippen MR) is 111 cm³/mol. The van der Waals surface area contributed by atoms with Gasteiger partial charge in [-0.2, -0.15) is 26.7 Å². The van der Waals surface area contributed by atoms with Gasteiger partial charge in [-0.25, -0.2) is 0 Å². The normalized spacial score (nSPS) is 6.08. The molecule has 0 saturated heterocycles. The minimum atomic E-state index is -0.556. The van der Waals surface area contributed by atoms with Crippen LogP contribution in [0.5, 0.6) is 0 Å². The molecule has 0 aliphatic rings. The second-order valence-electron chi connectivity index (χ2n) is 3.99. The Morgan fingerprint density at radius 2 is 0.846 bits per heavy atom. The van der Waals surface area contributed by atoms with E-state index >= 15 is 0 Å². The van der Waals surface area contributed by atoms with Gasteiger partial charge in [-0.3, -0.25) is 0 Å². The molecule has 10 heteroatoms. The third kappa shape index (κ3) is 178. The summed E-state index contributed by atoms with van der Waals surface area (Å²) in [4.78, 5) is 0. The Hall–Kier alpha value is 5.73. The number of unbranched alkanes of at least 4 members (excludes halogenated alkanes) is 4. The van der Waals surface area contributed by atoms with Gasteiger partial charge < -0.3 is 12.8 Å². The minimum Gasteiger partial charge on any atom is 0 e. The first kappa shape index (κ1) is 63.5. The van der Waals surface area contributed by atoms with E-state index < -0.39 is 17.0 Å². The predicted octanol–water partition coefficient (Wildman–Crippen LogP) is 7.93. The summed E-state index contributed by atoms with van der Waals surface area (Å²) in [5.74, 6) is 0. The van der Waals surface area contributed by atoms with Gasteiger partial charge in [0.05, 0.1) is 0 Å². The molecule has 0 N–H and O–H groups in total. The molecule has 0 aliphatic carbocycles. The Balaban J connectivity index is -0.0000000148. The first-order valence-electron chi connectivity index (χ1n) is 7.99. The van der Waals surface area contributed by atoms with Crippen LogP contribution in [0.15, 0.2) is 0 Å². The summed E-state index contributed by atoms with van der Waals surface area (Å²) in [6.07, 6.45) is 14.5. The van der Waals surface area contributed by atoms with Crippen LogP contribution in [0.1, 0.15) is 80.1 Å². The van der Waals surface area contributed by atoms with E-state index in [-0.39, 0.29) is 109 Å². The maximum atomic E-state index is 4.89. The Labute approximate surface area is 263 Å². The van der Waals surface area contributed by atoms with Crippen LogP contribution >= 0.6 is 37.1 Å². The molecule has 0 radical (unpaired) electrons. The van der Waals surface area contributed by atoms with Gasteiger partial charge in [0.2, 0.25) is 0 Å². The van der Waals surface area contributed by atoms with Gasteiger partial charge in [0, 0.05) is 86.9 Å². The molecular formula is C16H40Cl2P2Ti6. The van der Waals surface area contributed by atoms with Crippen molar-refractivity contribution in [2.75, 3.05) is 12.3 Å². The van der Waals surface area contributed by atoms with E-state index in [1.54, 1.807) is 0 Å². The van der Waals surface area contributed by atoms with Crippen LogP contribution in [0, 0.1) is 12.8 Å². The summed E-state index contributed by atoms with van der Waals surface area (Å²) in [5.41, 5.74) is 0. The van der Waals surface area contributed by atoms with Crippen molar-refractivity contribution in [1.29, 1.82) is 0 Å². The van der Waals surface area contributed by atoms with Gasteiger partial charge in [-0.05, 0) is 12.3 Å². The summed E-state index contributed by atoms with van der Waals surface area (Å²) in [5, 5.41) is 0. The quantitative estimate of drug-likeness (QED) is 0.155. The molecule has 0 fully saturated rings. The minimum absolute atomic E-state index is 0. The van der Waals surface area contributed by atoms with Gasteiger partial charge in [-0.1, -0.05) is 53.4 Å². The first-order valence-corrected chi connectivity index (χ1v) is 13.9. The molecular weight excluding hydrogens is 612 g/mol. The molecule has 0 nitrogen and oxygen atoms in total. The molecule has 0 aromatic carbocycles. The van der Waals surface area contributed by atoms with E-state index in [0.29, 0.717) is 0 Å². The summed E-state index contributed by atoms with van der Waals surface area (Å²) in [7, 11) is 15.2. The van der Waals surface area contributed by atoms with Crippen LogP contribution in [0.3, 0.4) is 0 Å². The molecule has 152 valence electrons. The van der Waals surface area contributed by atoms with E-state index in [1.807, 2.05) is 0 Å². The Morgan fingerprint density at radius 1 is 0.692 bits per heavy atom. The van der Waals surface area contributed by atoms with Crippen molar-refractivity contribution in [3.63, 3.8) is 0 Å². The van der Waals surface area contributed by atoms with Crippen LogP contribution < -0.4 is 0 Å². The maximum Gasteiger partial charge on any atom is 2.00 e. The van der Waals surface area contributed by atoms with Crippen LogP contribution in [0.25, 0.3) is 0 Å². The molecule has 0 spiro atoms. The van der Waals surface area contributed by atoms with Crippen LogP contribution in [-0.2, 0) is 126 Å². The van der Waals surface area contributed by atoms with E-state index in [9.17, 15) is 0 Å². The monoisotopic (exact) mass is 652 g/mol.